The van der Waals surface area contributed by atoms with E-state index in [1.165, 1.54) is 84.1 Å². The maximum Gasteiger partial charge on any atom is 0.439 e. The molecular formula is C41H47F2N5O9S. The molecule has 310 valence electrons. The number of pyridine rings is 1. The molecule has 1 fully saturated rings. The number of carboxylic acids is 1. The van der Waals surface area contributed by atoms with Crippen LogP contribution in [0.1, 0.15) is 83.5 Å². The molecule has 0 radical (unpaired) electrons. The molecule has 3 aromatic carbocycles. The van der Waals surface area contributed by atoms with Crippen molar-refractivity contribution in [2.24, 2.45) is 0 Å². The largest absolute Gasteiger partial charge is 0.479 e. The van der Waals surface area contributed by atoms with E-state index in [4.69, 9.17) is 9.47 Å². The number of carbonyl (C=O) groups is 4. The molecule has 3 N–H and O–H groups in total. The van der Waals surface area contributed by atoms with Crippen molar-refractivity contribution < 1.29 is 51.0 Å². The second kappa shape index (κ2) is 17.0. The Bertz CT molecular complexity index is 2310. The minimum Gasteiger partial charge on any atom is -0.479 e. The molecule has 1 aliphatic carbocycles. The van der Waals surface area contributed by atoms with E-state index in [0.29, 0.717) is 34.5 Å². The average molecular weight is 824 g/mol. The third-order valence-corrected chi connectivity index (χ3v) is 11.1. The molecule has 1 saturated carbocycles. The second-order valence-electron chi connectivity index (χ2n) is 15.9. The van der Waals surface area contributed by atoms with E-state index in [9.17, 15) is 32.7 Å². The maximum atomic E-state index is 15.4. The second-order valence-corrected chi connectivity index (χ2v) is 18.1. The molecule has 4 aromatic rings. The molecule has 17 heteroatoms. The Morgan fingerprint density at radius 1 is 0.879 bits per heavy atom. The van der Waals surface area contributed by atoms with Crippen molar-refractivity contribution in [3.05, 3.63) is 95.3 Å². The summed E-state index contributed by atoms with van der Waals surface area (Å²) in [5.74, 6) is -3.68. The number of hydrogen-bond donors (Lipinski definition) is 3. The van der Waals surface area contributed by atoms with Crippen LogP contribution in [0, 0.1) is 11.6 Å². The summed E-state index contributed by atoms with van der Waals surface area (Å²) in [6.45, 7) is 9.45. The van der Waals surface area contributed by atoms with Gasteiger partial charge in [0.2, 0.25) is 5.91 Å². The summed E-state index contributed by atoms with van der Waals surface area (Å²) in [5, 5.41) is 17.6. The minimum atomic E-state index is -3.51. The minimum absolute atomic E-state index is 0.0157. The number of halogens is 2. The van der Waals surface area contributed by atoms with Crippen LogP contribution in [0.15, 0.2) is 71.9 Å². The summed E-state index contributed by atoms with van der Waals surface area (Å²) in [6.07, 6.45) is 0.376. The van der Waals surface area contributed by atoms with Gasteiger partial charge in [-0.05, 0) is 121 Å². The molecule has 14 nitrogen and oxygen atoms in total. The van der Waals surface area contributed by atoms with Crippen LogP contribution in [-0.2, 0) is 41.9 Å². The van der Waals surface area contributed by atoms with Gasteiger partial charge in [0.25, 0.3) is 0 Å². The molecular weight excluding hydrogens is 777 g/mol. The van der Waals surface area contributed by atoms with Gasteiger partial charge in [-0.1, -0.05) is 18.2 Å². The topological polar surface area (TPSA) is 185 Å². The zero-order valence-electron chi connectivity index (χ0n) is 33.3. The first-order valence-electron chi connectivity index (χ1n) is 18.5. The highest BCUT2D eigenvalue weighted by atomic mass is 32.2. The van der Waals surface area contributed by atoms with Crippen LogP contribution in [-0.4, -0.2) is 71.1 Å². The first kappa shape index (κ1) is 43.4. The highest BCUT2D eigenvalue weighted by molar-refractivity contribution is 7.92. The highest BCUT2D eigenvalue weighted by Crippen LogP contribution is 2.37. The summed E-state index contributed by atoms with van der Waals surface area (Å²) in [4.78, 5) is 58.5. The Morgan fingerprint density at radius 3 is 2.12 bits per heavy atom. The zero-order valence-corrected chi connectivity index (χ0v) is 34.1. The average Bonchev–Trinajstić information content (AvgIpc) is 3.97. The van der Waals surface area contributed by atoms with Crippen LogP contribution in [0.25, 0.3) is 10.8 Å². The quantitative estimate of drug-likeness (QED) is 0.113. The number of benzene rings is 3. The summed E-state index contributed by atoms with van der Waals surface area (Å²) in [7, 11) is -1.84. The summed E-state index contributed by atoms with van der Waals surface area (Å²) < 4.78 is 67.6. The number of carboxylic acid groups (broad SMARTS) is 1. The van der Waals surface area contributed by atoms with Gasteiger partial charge in [-0.3, -0.25) is 14.8 Å². The number of aliphatic carboxylic acids is 1. The van der Waals surface area contributed by atoms with Crippen LogP contribution in [0.3, 0.4) is 0 Å². The van der Waals surface area contributed by atoms with E-state index in [2.05, 4.69) is 15.6 Å². The lowest BCUT2D eigenvalue weighted by atomic mass is 9.99. The lowest BCUT2D eigenvalue weighted by Crippen LogP contribution is -2.56. The number of ether oxygens (including phenoxy) is 2. The van der Waals surface area contributed by atoms with Gasteiger partial charge in [-0.25, -0.2) is 31.6 Å². The van der Waals surface area contributed by atoms with Gasteiger partial charge >= 0.3 is 18.2 Å². The number of hydrazine groups is 1. The number of imide groups is 1. The summed E-state index contributed by atoms with van der Waals surface area (Å²) >= 11 is 0. The first-order valence-corrected chi connectivity index (χ1v) is 20.0. The number of hydrogen-bond acceptors (Lipinski definition) is 11. The molecule has 0 spiro atoms. The van der Waals surface area contributed by atoms with Crippen molar-refractivity contribution in [2.75, 3.05) is 17.4 Å². The zero-order chi connectivity index (χ0) is 42.7. The van der Waals surface area contributed by atoms with E-state index in [1.807, 2.05) is 0 Å². The van der Waals surface area contributed by atoms with Crippen molar-refractivity contribution in [3.8, 4) is 0 Å². The number of aryl methyl sites for hydroxylation is 1. The van der Waals surface area contributed by atoms with Crippen molar-refractivity contribution in [3.63, 3.8) is 0 Å². The SMILES string of the molecule is CNCc1cc(NC(=O)CCc2cc(C(C(=O)O)N(c3ccc4cncc(F)c4c3)N(C(=O)OC(C)(C)C)C(=O)OC(C)(C)C)ccc2F)ccc1S(=O)(=O)C1CC1. The van der Waals surface area contributed by atoms with Gasteiger partial charge in [0, 0.05) is 35.6 Å². The smallest absolute Gasteiger partial charge is 0.439 e. The van der Waals surface area contributed by atoms with Gasteiger partial charge in [0.1, 0.15) is 22.8 Å². The number of carbonyl (C=O) groups excluding carboxylic acids is 3. The van der Waals surface area contributed by atoms with Crippen molar-refractivity contribution in [1.82, 2.24) is 15.3 Å². The van der Waals surface area contributed by atoms with Gasteiger partial charge in [0.15, 0.2) is 15.9 Å². The molecule has 1 aromatic heterocycles. The van der Waals surface area contributed by atoms with Crippen LogP contribution in [0.5, 0.6) is 0 Å². The number of rotatable bonds is 13. The molecule has 5 rings (SSSR count). The van der Waals surface area contributed by atoms with Crippen molar-refractivity contribution in [2.45, 2.75) is 101 Å². The van der Waals surface area contributed by atoms with Gasteiger partial charge in [0.05, 0.1) is 22.0 Å². The Balaban J connectivity index is 1.52. The number of fused-ring (bicyclic) bond motifs is 1. The van der Waals surface area contributed by atoms with Crippen molar-refractivity contribution >= 4 is 56.0 Å². The monoisotopic (exact) mass is 823 g/mol. The van der Waals surface area contributed by atoms with E-state index in [0.717, 1.165) is 23.3 Å². The predicted octanol–water partition coefficient (Wildman–Crippen LogP) is 7.46. The molecule has 1 heterocycles. The van der Waals surface area contributed by atoms with E-state index in [-0.39, 0.29) is 46.5 Å². The molecule has 1 unspecified atom stereocenters. The lowest BCUT2D eigenvalue weighted by molar-refractivity contribution is -0.139. The van der Waals surface area contributed by atoms with E-state index in [1.54, 1.807) is 13.1 Å². The van der Waals surface area contributed by atoms with Crippen molar-refractivity contribution in [1.29, 1.82) is 0 Å². The predicted molar refractivity (Wildman–Crippen MR) is 212 cm³/mol. The van der Waals surface area contributed by atoms with Crippen LogP contribution in [0.4, 0.5) is 29.7 Å². The number of nitrogens with zero attached hydrogens (tertiary/aromatic N) is 3. The van der Waals surface area contributed by atoms with E-state index < -0.39 is 68.0 Å². The fourth-order valence-electron chi connectivity index (χ4n) is 6.14. The molecule has 1 aliphatic rings. The molecule has 58 heavy (non-hydrogen) atoms. The van der Waals surface area contributed by atoms with Gasteiger partial charge < -0.3 is 25.2 Å². The Morgan fingerprint density at radius 2 is 1.53 bits per heavy atom. The first-order chi connectivity index (χ1) is 27.1. The Hall–Kier alpha value is -5.68. The van der Waals surface area contributed by atoms with Gasteiger partial charge in [-0.15, -0.1) is 5.01 Å². The normalized spacial score (nSPS) is 13.7. The molecule has 0 bridgehead atoms. The fraction of sp³-hybridized carbons (Fsp3) is 0.390. The number of sulfone groups is 1. The maximum absolute atomic E-state index is 15.4. The van der Waals surface area contributed by atoms with Crippen LogP contribution in [0.2, 0.25) is 0 Å². The third-order valence-electron chi connectivity index (χ3n) is 8.78. The number of nitrogens with one attached hydrogen (secondary N) is 2. The highest BCUT2D eigenvalue weighted by Gasteiger charge is 2.43. The number of aromatic nitrogens is 1. The van der Waals surface area contributed by atoms with E-state index >= 15 is 8.78 Å². The summed E-state index contributed by atoms with van der Waals surface area (Å²) in [5.41, 5.74) is -1.91. The van der Waals surface area contributed by atoms with Crippen LogP contribution >= 0.6 is 0 Å². The standard InChI is InChI=1S/C41H47F2N5O9S/c1-40(2,3)56-38(52)48(39(53)57-41(4,5)6)47(29-12-8-26-22-45-23-33(43)31(26)20-29)36(37(50)51)25-9-15-32(42)24(18-25)10-17-35(49)46-28-11-16-34(27(19-28)21-44-7)58(54,55)30-13-14-30/h8-9,11-12,15-16,18-20,22-23,30,36,44H,10,13-14,17,21H2,1-7H3,(H,46,49)(H,50,51). The Labute approximate surface area is 335 Å². The fourth-order valence-corrected chi connectivity index (χ4v) is 8.01. The molecule has 3 amide bonds. The number of amides is 3. The lowest BCUT2D eigenvalue weighted by Gasteiger charge is -2.39. The third kappa shape index (κ3) is 10.4. The summed E-state index contributed by atoms with van der Waals surface area (Å²) in [6, 6.07) is 9.89. The molecule has 0 saturated heterocycles. The number of anilines is 2. The van der Waals surface area contributed by atoms with Gasteiger partial charge in [-0.2, -0.15) is 0 Å². The Kier molecular flexibility index (Phi) is 12.8. The molecule has 1 atom stereocenters. The van der Waals surface area contributed by atoms with Crippen LogP contribution < -0.4 is 15.6 Å². The molecule has 0 aliphatic heterocycles.